The van der Waals surface area contributed by atoms with Crippen LogP contribution >= 0.6 is 0 Å². The third kappa shape index (κ3) is 3.35. The van der Waals surface area contributed by atoms with Crippen molar-refractivity contribution in [3.63, 3.8) is 0 Å². The number of benzene rings is 2. The highest BCUT2D eigenvalue weighted by molar-refractivity contribution is 7.89. The van der Waals surface area contributed by atoms with E-state index in [1.807, 2.05) is 42.6 Å². The molecule has 0 saturated heterocycles. The minimum absolute atomic E-state index is 0.297. The van der Waals surface area contributed by atoms with Gasteiger partial charge in [0, 0.05) is 25.5 Å². The molecule has 6 heteroatoms. The van der Waals surface area contributed by atoms with E-state index in [2.05, 4.69) is 9.82 Å². The van der Waals surface area contributed by atoms with Gasteiger partial charge in [0.1, 0.15) is 0 Å². The number of rotatable bonds is 6. The second-order valence-corrected chi connectivity index (χ2v) is 6.80. The minimum atomic E-state index is -3.47. The molecule has 0 unspecified atom stereocenters. The van der Waals surface area contributed by atoms with Crippen LogP contribution in [0.25, 0.3) is 10.8 Å². The van der Waals surface area contributed by atoms with Crippen molar-refractivity contribution in [3.8, 4) is 0 Å². The standard InChI is InChI=1S/C16H17N3O2S/c20-22(21,18-10-4-12-19-11-3-9-17-19)16-8-7-14-5-1-2-6-15(14)13-16/h1-3,5-9,11,13,18H,4,10,12H2. The van der Waals surface area contributed by atoms with Crippen LogP contribution in [0, 0.1) is 0 Å². The number of sulfonamides is 1. The maximum Gasteiger partial charge on any atom is 0.240 e. The molecule has 2 aromatic carbocycles. The molecule has 22 heavy (non-hydrogen) atoms. The van der Waals surface area contributed by atoms with Crippen LogP contribution < -0.4 is 4.72 Å². The number of fused-ring (bicyclic) bond motifs is 1. The van der Waals surface area contributed by atoms with E-state index in [4.69, 9.17) is 0 Å². The van der Waals surface area contributed by atoms with Gasteiger partial charge in [-0.1, -0.05) is 30.3 Å². The Hall–Kier alpha value is -2.18. The fourth-order valence-electron chi connectivity index (χ4n) is 2.30. The lowest BCUT2D eigenvalue weighted by molar-refractivity contribution is 0.553. The molecule has 1 aromatic heterocycles. The second-order valence-electron chi connectivity index (χ2n) is 5.03. The van der Waals surface area contributed by atoms with Gasteiger partial charge in [-0.15, -0.1) is 0 Å². The summed E-state index contributed by atoms with van der Waals surface area (Å²) in [5.74, 6) is 0. The van der Waals surface area contributed by atoms with Crippen LogP contribution in [-0.4, -0.2) is 24.7 Å². The molecule has 0 radical (unpaired) electrons. The first-order valence-corrected chi connectivity index (χ1v) is 8.59. The quantitative estimate of drug-likeness (QED) is 0.710. The van der Waals surface area contributed by atoms with E-state index in [1.54, 1.807) is 23.0 Å². The number of aryl methyl sites for hydroxylation is 1. The maximum atomic E-state index is 12.3. The van der Waals surface area contributed by atoms with E-state index in [-0.39, 0.29) is 0 Å². The molecule has 114 valence electrons. The summed E-state index contributed by atoms with van der Waals surface area (Å²) in [6.45, 7) is 1.07. The van der Waals surface area contributed by atoms with E-state index in [1.165, 1.54) is 0 Å². The second kappa shape index (κ2) is 6.29. The first-order valence-electron chi connectivity index (χ1n) is 7.11. The summed E-state index contributed by atoms with van der Waals surface area (Å²) in [5.41, 5.74) is 0. The van der Waals surface area contributed by atoms with Crippen molar-refractivity contribution < 1.29 is 8.42 Å². The summed E-state index contributed by atoms with van der Waals surface area (Å²) < 4.78 is 29.0. The third-order valence-electron chi connectivity index (χ3n) is 3.45. The summed E-state index contributed by atoms with van der Waals surface area (Å²) in [6.07, 6.45) is 4.26. The average molecular weight is 315 g/mol. The molecular weight excluding hydrogens is 298 g/mol. The van der Waals surface area contributed by atoms with Crippen LogP contribution in [0.5, 0.6) is 0 Å². The van der Waals surface area contributed by atoms with Gasteiger partial charge in [0.15, 0.2) is 0 Å². The van der Waals surface area contributed by atoms with E-state index in [0.717, 1.165) is 10.8 Å². The Bertz CT molecular complexity index is 858. The largest absolute Gasteiger partial charge is 0.273 e. The monoisotopic (exact) mass is 315 g/mol. The van der Waals surface area contributed by atoms with Gasteiger partial charge in [-0.2, -0.15) is 5.10 Å². The van der Waals surface area contributed by atoms with Gasteiger partial charge in [-0.3, -0.25) is 4.68 Å². The summed E-state index contributed by atoms with van der Waals surface area (Å²) in [5, 5.41) is 6.03. The Kier molecular flexibility index (Phi) is 4.22. The number of hydrogen-bond acceptors (Lipinski definition) is 3. The summed E-state index contributed by atoms with van der Waals surface area (Å²) >= 11 is 0. The van der Waals surface area contributed by atoms with Crippen molar-refractivity contribution in [2.45, 2.75) is 17.9 Å². The number of nitrogens with zero attached hydrogens (tertiary/aromatic N) is 2. The Morgan fingerprint density at radius 1 is 1.05 bits per heavy atom. The van der Waals surface area contributed by atoms with Crippen molar-refractivity contribution in [2.75, 3.05) is 6.54 Å². The van der Waals surface area contributed by atoms with Crippen LogP contribution in [0.15, 0.2) is 65.8 Å². The van der Waals surface area contributed by atoms with E-state index in [0.29, 0.717) is 24.4 Å². The molecule has 0 aliphatic carbocycles. The van der Waals surface area contributed by atoms with Crippen LogP contribution in [0.2, 0.25) is 0 Å². The van der Waals surface area contributed by atoms with Crippen molar-refractivity contribution in [3.05, 3.63) is 60.9 Å². The zero-order valence-electron chi connectivity index (χ0n) is 12.0. The Morgan fingerprint density at radius 3 is 2.64 bits per heavy atom. The molecule has 0 aliphatic rings. The molecular formula is C16H17N3O2S. The molecule has 0 fully saturated rings. The lowest BCUT2D eigenvalue weighted by Crippen LogP contribution is -2.25. The van der Waals surface area contributed by atoms with E-state index in [9.17, 15) is 8.42 Å². The summed E-state index contributed by atoms with van der Waals surface area (Å²) in [7, 11) is -3.47. The molecule has 0 saturated carbocycles. The fourth-order valence-corrected chi connectivity index (χ4v) is 3.41. The van der Waals surface area contributed by atoms with Gasteiger partial charge in [0.25, 0.3) is 0 Å². The molecule has 5 nitrogen and oxygen atoms in total. The van der Waals surface area contributed by atoms with Gasteiger partial charge in [0.05, 0.1) is 4.90 Å². The zero-order valence-corrected chi connectivity index (χ0v) is 12.8. The van der Waals surface area contributed by atoms with Crippen molar-refractivity contribution >= 4 is 20.8 Å². The normalized spacial score (nSPS) is 11.8. The van der Waals surface area contributed by atoms with Crippen LogP contribution in [0.4, 0.5) is 0 Å². The smallest absolute Gasteiger partial charge is 0.240 e. The number of hydrogen-bond donors (Lipinski definition) is 1. The minimum Gasteiger partial charge on any atom is -0.273 e. The maximum absolute atomic E-state index is 12.3. The first kappa shape index (κ1) is 14.7. The fraction of sp³-hybridized carbons (Fsp3) is 0.188. The highest BCUT2D eigenvalue weighted by atomic mass is 32.2. The molecule has 0 aliphatic heterocycles. The molecule has 0 atom stereocenters. The van der Waals surface area contributed by atoms with Crippen molar-refractivity contribution in [1.29, 1.82) is 0 Å². The van der Waals surface area contributed by atoms with Crippen molar-refractivity contribution in [1.82, 2.24) is 14.5 Å². The summed E-state index contributed by atoms with van der Waals surface area (Å²) in [4.78, 5) is 0.297. The Balaban J connectivity index is 1.66. The number of aromatic nitrogens is 2. The predicted octanol–water partition coefficient (Wildman–Crippen LogP) is 2.40. The van der Waals surface area contributed by atoms with E-state index >= 15 is 0 Å². The Labute approximate surface area is 129 Å². The molecule has 0 spiro atoms. The average Bonchev–Trinajstić information content (AvgIpc) is 3.04. The predicted molar refractivity (Wildman–Crippen MR) is 86.0 cm³/mol. The van der Waals surface area contributed by atoms with Gasteiger partial charge >= 0.3 is 0 Å². The molecule has 1 N–H and O–H groups in total. The van der Waals surface area contributed by atoms with Gasteiger partial charge in [0.2, 0.25) is 10.0 Å². The van der Waals surface area contributed by atoms with Crippen LogP contribution in [-0.2, 0) is 16.6 Å². The summed E-state index contributed by atoms with van der Waals surface area (Å²) in [6, 6.07) is 14.7. The molecule has 3 aromatic rings. The first-order chi connectivity index (χ1) is 10.6. The number of nitrogens with one attached hydrogen (secondary N) is 1. The van der Waals surface area contributed by atoms with Crippen LogP contribution in [0.1, 0.15) is 6.42 Å². The van der Waals surface area contributed by atoms with Gasteiger partial charge in [-0.05, 0) is 35.4 Å². The Morgan fingerprint density at radius 2 is 1.86 bits per heavy atom. The lowest BCUT2D eigenvalue weighted by atomic mass is 10.1. The van der Waals surface area contributed by atoms with Crippen LogP contribution in [0.3, 0.4) is 0 Å². The SMILES string of the molecule is O=S(=O)(NCCCn1cccn1)c1ccc2ccccc2c1. The lowest BCUT2D eigenvalue weighted by Gasteiger charge is -2.08. The zero-order chi connectivity index (χ0) is 15.4. The molecule has 0 bridgehead atoms. The molecule has 0 amide bonds. The third-order valence-corrected chi connectivity index (χ3v) is 4.91. The highest BCUT2D eigenvalue weighted by Gasteiger charge is 2.13. The van der Waals surface area contributed by atoms with Gasteiger partial charge in [-0.25, -0.2) is 13.1 Å². The molecule has 3 rings (SSSR count). The van der Waals surface area contributed by atoms with Gasteiger partial charge < -0.3 is 0 Å². The molecule has 1 heterocycles. The van der Waals surface area contributed by atoms with E-state index < -0.39 is 10.0 Å². The topological polar surface area (TPSA) is 64.0 Å². The highest BCUT2D eigenvalue weighted by Crippen LogP contribution is 2.18. The van der Waals surface area contributed by atoms with Crippen molar-refractivity contribution in [2.24, 2.45) is 0 Å².